The molecule has 0 unspecified atom stereocenters. The number of carbonyl (C=O) groups excluding carboxylic acids is 1. The second kappa shape index (κ2) is 3.54. The number of aromatic nitrogens is 1. The van der Waals surface area contributed by atoms with Crippen LogP contribution in [-0.2, 0) is 4.79 Å². The third kappa shape index (κ3) is 2.20. The highest BCUT2D eigenvalue weighted by Crippen LogP contribution is 2.15. The molecule has 3 nitrogen and oxygen atoms in total. The lowest BCUT2D eigenvalue weighted by atomic mass is 10.3. The third-order valence-electron chi connectivity index (χ3n) is 1.34. The summed E-state index contributed by atoms with van der Waals surface area (Å²) in [5.41, 5.74) is 0.859. The molecule has 0 aliphatic rings. The molecular weight excluding hydrogens is 176 g/mol. The Balaban J connectivity index is 2.93. The predicted molar refractivity (Wildman–Crippen MR) is 48.3 cm³/mol. The molecule has 1 rings (SSSR count). The maximum Gasteiger partial charge on any atom is 0.222 e. The van der Waals surface area contributed by atoms with Crippen molar-refractivity contribution in [2.45, 2.75) is 13.8 Å². The summed E-state index contributed by atoms with van der Waals surface area (Å²) in [5.74, 6) is 0.430. The standard InChI is InChI=1S/C8H9ClN2O/c1-5-3-7(9)4-10-8(5)11-6(2)12/h3-4H,1-2H3,(H,10,11,12). The van der Waals surface area contributed by atoms with Crippen molar-refractivity contribution in [3.8, 4) is 0 Å². The van der Waals surface area contributed by atoms with Crippen molar-refractivity contribution in [3.63, 3.8) is 0 Å². The number of hydrogen-bond donors (Lipinski definition) is 1. The molecule has 0 aliphatic carbocycles. The van der Waals surface area contributed by atoms with Crippen molar-refractivity contribution in [1.82, 2.24) is 4.98 Å². The minimum absolute atomic E-state index is 0.132. The van der Waals surface area contributed by atoms with Gasteiger partial charge in [-0.25, -0.2) is 4.98 Å². The number of hydrogen-bond acceptors (Lipinski definition) is 2. The van der Waals surface area contributed by atoms with E-state index in [1.165, 1.54) is 13.1 Å². The molecule has 4 heteroatoms. The SMILES string of the molecule is CC(=O)Nc1ncc(Cl)cc1C. The van der Waals surface area contributed by atoms with Gasteiger partial charge in [0.25, 0.3) is 0 Å². The summed E-state index contributed by atoms with van der Waals surface area (Å²) in [7, 11) is 0. The summed E-state index contributed by atoms with van der Waals surface area (Å²) in [5, 5.41) is 3.16. The molecule has 0 saturated heterocycles. The van der Waals surface area contributed by atoms with E-state index < -0.39 is 0 Å². The first-order valence-corrected chi connectivity index (χ1v) is 3.87. The van der Waals surface area contributed by atoms with Crippen LogP contribution in [0.4, 0.5) is 5.82 Å². The molecule has 0 atom stereocenters. The predicted octanol–water partition coefficient (Wildman–Crippen LogP) is 2.00. The highest BCUT2D eigenvalue weighted by molar-refractivity contribution is 6.30. The minimum Gasteiger partial charge on any atom is -0.311 e. The van der Waals surface area contributed by atoms with Gasteiger partial charge in [-0.3, -0.25) is 4.79 Å². The molecule has 0 saturated carbocycles. The molecule has 0 radical (unpaired) electrons. The topological polar surface area (TPSA) is 42.0 Å². The van der Waals surface area contributed by atoms with Gasteiger partial charge in [-0.15, -0.1) is 0 Å². The molecule has 12 heavy (non-hydrogen) atoms. The molecule has 0 spiro atoms. The van der Waals surface area contributed by atoms with Crippen LogP contribution in [0.1, 0.15) is 12.5 Å². The Morgan fingerprint density at radius 2 is 2.33 bits per heavy atom. The van der Waals surface area contributed by atoms with Crippen molar-refractivity contribution < 1.29 is 4.79 Å². The monoisotopic (exact) mass is 184 g/mol. The maximum atomic E-state index is 10.7. The normalized spacial score (nSPS) is 9.58. The number of amides is 1. The van der Waals surface area contributed by atoms with E-state index in [1.807, 2.05) is 6.92 Å². The van der Waals surface area contributed by atoms with E-state index in [0.717, 1.165) is 5.56 Å². The van der Waals surface area contributed by atoms with Gasteiger partial charge in [-0.1, -0.05) is 11.6 Å². The van der Waals surface area contributed by atoms with Crippen molar-refractivity contribution >= 4 is 23.3 Å². The second-order valence-electron chi connectivity index (χ2n) is 2.50. The molecule has 1 heterocycles. The smallest absolute Gasteiger partial charge is 0.222 e. The quantitative estimate of drug-likeness (QED) is 0.726. The van der Waals surface area contributed by atoms with Gasteiger partial charge in [0.15, 0.2) is 0 Å². The highest BCUT2D eigenvalue weighted by atomic mass is 35.5. The Morgan fingerprint density at radius 3 is 2.83 bits per heavy atom. The fraction of sp³-hybridized carbons (Fsp3) is 0.250. The number of pyridine rings is 1. The minimum atomic E-state index is -0.132. The van der Waals surface area contributed by atoms with Crippen molar-refractivity contribution in [2.75, 3.05) is 5.32 Å². The van der Waals surface area contributed by atoms with Crippen LogP contribution in [-0.4, -0.2) is 10.9 Å². The Bertz CT molecular complexity index is 312. The zero-order valence-electron chi connectivity index (χ0n) is 6.89. The third-order valence-corrected chi connectivity index (χ3v) is 1.55. The van der Waals surface area contributed by atoms with Gasteiger partial charge in [-0.05, 0) is 18.6 Å². The van der Waals surface area contributed by atoms with Crippen LogP contribution < -0.4 is 5.32 Å². The van der Waals surface area contributed by atoms with Crippen molar-refractivity contribution in [3.05, 3.63) is 22.8 Å². The van der Waals surface area contributed by atoms with Gasteiger partial charge in [0, 0.05) is 13.1 Å². The number of halogens is 1. The van der Waals surface area contributed by atoms with E-state index in [2.05, 4.69) is 10.3 Å². The maximum absolute atomic E-state index is 10.7. The van der Waals surface area contributed by atoms with Crippen LogP contribution >= 0.6 is 11.6 Å². The summed E-state index contributed by atoms with van der Waals surface area (Å²) >= 11 is 5.68. The summed E-state index contributed by atoms with van der Waals surface area (Å²) in [6.07, 6.45) is 1.50. The lowest BCUT2D eigenvalue weighted by molar-refractivity contribution is -0.114. The molecule has 0 aliphatic heterocycles. The summed E-state index contributed by atoms with van der Waals surface area (Å²) in [6.45, 7) is 3.28. The Kier molecular flexibility index (Phi) is 2.65. The van der Waals surface area contributed by atoms with Gasteiger partial charge in [0.05, 0.1) is 5.02 Å². The van der Waals surface area contributed by atoms with Crippen LogP contribution in [0, 0.1) is 6.92 Å². The van der Waals surface area contributed by atoms with Gasteiger partial charge in [-0.2, -0.15) is 0 Å². The largest absolute Gasteiger partial charge is 0.311 e. The average Bonchev–Trinajstić information content (AvgIpc) is 1.94. The first kappa shape index (κ1) is 9.00. The van der Waals surface area contributed by atoms with E-state index >= 15 is 0 Å². The molecule has 1 amide bonds. The Morgan fingerprint density at radius 1 is 1.67 bits per heavy atom. The fourth-order valence-corrected chi connectivity index (χ4v) is 1.05. The number of nitrogens with one attached hydrogen (secondary N) is 1. The second-order valence-corrected chi connectivity index (χ2v) is 2.94. The number of carbonyl (C=O) groups is 1. The van der Waals surface area contributed by atoms with Gasteiger partial charge in [0.2, 0.25) is 5.91 Å². The first-order chi connectivity index (χ1) is 5.59. The molecule has 1 aromatic heterocycles. The van der Waals surface area contributed by atoms with Crippen LogP contribution in [0.15, 0.2) is 12.3 Å². The highest BCUT2D eigenvalue weighted by Gasteiger charge is 2.01. The van der Waals surface area contributed by atoms with Crippen LogP contribution in [0.2, 0.25) is 5.02 Å². The van der Waals surface area contributed by atoms with E-state index in [-0.39, 0.29) is 5.91 Å². The zero-order chi connectivity index (χ0) is 9.14. The number of nitrogens with zero attached hydrogens (tertiary/aromatic N) is 1. The summed E-state index contributed by atoms with van der Waals surface area (Å²) in [4.78, 5) is 14.6. The van der Waals surface area contributed by atoms with Crippen LogP contribution in [0.5, 0.6) is 0 Å². The van der Waals surface area contributed by atoms with Crippen LogP contribution in [0.3, 0.4) is 0 Å². The molecule has 1 aromatic rings. The van der Waals surface area contributed by atoms with Gasteiger partial charge < -0.3 is 5.32 Å². The van der Waals surface area contributed by atoms with E-state index in [1.54, 1.807) is 6.07 Å². The van der Waals surface area contributed by atoms with Crippen LogP contribution in [0.25, 0.3) is 0 Å². The molecule has 0 fully saturated rings. The molecule has 0 bridgehead atoms. The lowest BCUT2D eigenvalue weighted by Gasteiger charge is -2.03. The van der Waals surface area contributed by atoms with Gasteiger partial charge >= 0.3 is 0 Å². The number of anilines is 1. The molecule has 1 N–H and O–H groups in total. The van der Waals surface area contributed by atoms with E-state index in [4.69, 9.17) is 11.6 Å². The molecule has 0 aromatic carbocycles. The van der Waals surface area contributed by atoms with E-state index in [0.29, 0.717) is 10.8 Å². The molecular formula is C8H9ClN2O. The van der Waals surface area contributed by atoms with E-state index in [9.17, 15) is 4.79 Å². The average molecular weight is 185 g/mol. The molecule has 64 valence electrons. The summed E-state index contributed by atoms with van der Waals surface area (Å²) < 4.78 is 0. The first-order valence-electron chi connectivity index (χ1n) is 3.49. The van der Waals surface area contributed by atoms with Crippen molar-refractivity contribution in [1.29, 1.82) is 0 Å². The summed E-state index contributed by atoms with van der Waals surface area (Å²) in [6, 6.07) is 1.75. The van der Waals surface area contributed by atoms with Gasteiger partial charge in [0.1, 0.15) is 5.82 Å². The number of aryl methyl sites for hydroxylation is 1. The van der Waals surface area contributed by atoms with Crippen molar-refractivity contribution in [2.24, 2.45) is 0 Å². The number of rotatable bonds is 1. The lowest BCUT2D eigenvalue weighted by Crippen LogP contribution is -2.08. The Hall–Kier alpha value is -1.09. The zero-order valence-corrected chi connectivity index (χ0v) is 7.64. The fourth-order valence-electron chi connectivity index (χ4n) is 0.838. The Labute approximate surface area is 75.8 Å².